The quantitative estimate of drug-likeness (QED) is 0.700. The summed E-state index contributed by atoms with van der Waals surface area (Å²) in [6, 6.07) is 3.82. The maximum absolute atomic E-state index is 7.82. The van der Waals surface area contributed by atoms with E-state index in [-0.39, 0.29) is 0 Å². The fourth-order valence-corrected chi connectivity index (χ4v) is 1.45. The molecular formula is C11H14N2. The summed E-state index contributed by atoms with van der Waals surface area (Å²) in [7, 11) is 0. The topological polar surface area (TPSA) is 36.7 Å². The molecule has 0 aliphatic heterocycles. The van der Waals surface area contributed by atoms with Crippen LogP contribution in [0.5, 0.6) is 0 Å². The molecular weight excluding hydrogens is 160 g/mol. The molecule has 13 heavy (non-hydrogen) atoms. The van der Waals surface area contributed by atoms with Gasteiger partial charge in [0.25, 0.3) is 0 Å². The van der Waals surface area contributed by atoms with Crippen molar-refractivity contribution in [3.05, 3.63) is 30.1 Å². The normalized spacial score (nSPS) is 15.7. The van der Waals surface area contributed by atoms with Gasteiger partial charge in [-0.1, -0.05) is 12.8 Å². The SMILES string of the molecule is N=C(CCC1CC1)c1ccncc1. The zero-order valence-corrected chi connectivity index (χ0v) is 7.66. The van der Waals surface area contributed by atoms with Crippen LogP contribution in [0.3, 0.4) is 0 Å². The molecule has 68 valence electrons. The van der Waals surface area contributed by atoms with E-state index in [1.165, 1.54) is 19.3 Å². The molecule has 1 heterocycles. The third kappa shape index (κ3) is 2.38. The molecule has 2 nitrogen and oxygen atoms in total. The fraction of sp³-hybridized carbons (Fsp3) is 0.455. The molecule has 2 heteroatoms. The third-order valence-electron chi connectivity index (χ3n) is 2.53. The molecule has 1 fully saturated rings. The summed E-state index contributed by atoms with van der Waals surface area (Å²) >= 11 is 0. The summed E-state index contributed by atoms with van der Waals surface area (Å²) in [5.74, 6) is 0.919. The van der Waals surface area contributed by atoms with Gasteiger partial charge in [0.1, 0.15) is 0 Å². The van der Waals surface area contributed by atoms with Crippen molar-refractivity contribution >= 4 is 5.71 Å². The predicted octanol–water partition coefficient (Wildman–Crippen LogP) is 2.64. The first-order valence-corrected chi connectivity index (χ1v) is 4.84. The zero-order valence-electron chi connectivity index (χ0n) is 7.66. The van der Waals surface area contributed by atoms with Gasteiger partial charge in [-0.2, -0.15) is 0 Å². The van der Waals surface area contributed by atoms with Crippen molar-refractivity contribution in [1.82, 2.24) is 4.98 Å². The van der Waals surface area contributed by atoms with Gasteiger partial charge in [0.2, 0.25) is 0 Å². The minimum absolute atomic E-state index is 0.759. The number of hydrogen-bond acceptors (Lipinski definition) is 2. The van der Waals surface area contributed by atoms with E-state index in [1.807, 2.05) is 12.1 Å². The molecule has 0 unspecified atom stereocenters. The molecule has 0 spiro atoms. The second kappa shape index (κ2) is 3.69. The summed E-state index contributed by atoms with van der Waals surface area (Å²) < 4.78 is 0. The van der Waals surface area contributed by atoms with Crippen molar-refractivity contribution in [2.75, 3.05) is 0 Å². The van der Waals surface area contributed by atoms with Crippen LogP contribution in [0.1, 0.15) is 31.2 Å². The summed E-state index contributed by atoms with van der Waals surface area (Å²) in [5.41, 5.74) is 1.78. The van der Waals surface area contributed by atoms with Crippen LogP contribution in [-0.4, -0.2) is 10.7 Å². The lowest BCUT2D eigenvalue weighted by molar-refractivity contribution is 0.757. The summed E-state index contributed by atoms with van der Waals surface area (Å²) in [6.07, 6.45) is 8.38. The molecule has 0 aromatic carbocycles. The molecule has 1 aromatic rings. The van der Waals surface area contributed by atoms with E-state index in [2.05, 4.69) is 4.98 Å². The van der Waals surface area contributed by atoms with Crippen LogP contribution in [0.2, 0.25) is 0 Å². The van der Waals surface area contributed by atoms with Crippen LogP contribution in [0.4, 0.5) is 0 Å². The van der Waals surface area contributed by atoms with Crippen molar-refractivity contribution in [3.63, 3.8) is 0 Å². The minimum Gasteiger partial charge on any atom is -0.305 e. The summed E-state index contributed by atoms with van der Waals surface area (Å²) in [4.78, 5) is 3.94. The fourth-order valence-electron chi connectivity index (χ4n) is 1.45. The Balaban J connectivity index is 1.89. The molecule has 1 aliphatic carbocycles. The van der Waals surface area contributed by atoms with E-state index in [4.69, 9.17) is 5.41 Å². The van der Waals surface area contributed by atoms with E-state index in [9.17, 15) is 0 Å². The van der Waals surface area contributed by atoms with Crippen LogP contribution in [0, 0.1) is 11.3 Å². The van der Waals surface area contributed by atoms with E-state index >= 15 is 0 Å². The van der Waals surface area contributed by atoms with E-state index in [1.54, 1.807) is 12.4 Å². The first kappa shape index (κ1) is 8.42. The number of aromatic nitrogens is 1. The zero-order chi connectivity index (χ0) is 9.10. The number of pyridine rings is 1. The largest absolute Gasteiger partial charge is 0.305 e. The molecule has 0 radical (unpaired) electrons. The van der Waals surface area contributed by atoms with E-state index in [0.717, 1.165) is 23.6 Å². The van der Waals surface area contributed by atoms with Crippen molar-refractivity contribution in [2.45, 2.75) is 25.7 Å². The number of nitrogens with one attached hydrogen (secondary N) is 1. The molecule has 1 aromatic heterocycles. The van der Waals surface area contributed by atoms with Crippen molar-refractivity contribution in [1.29, 1.82) is 5.41 Å². The molecule has 1 saturated carbocycles. The smallest absolute Gasteiger partial charge is 0.0387 e. The minimum atomic E-state index is 0.759. The average molecular weight is 174 g/mol. The first-order chi connectivity index (χ1) is 6.36. The lowest BCUT2D eigenvalue weighted by Gasteiger charge is -2.01. The summed E-state index contributed by atoms with van der Waals surface area (Å²) in [5, 5.41) is 7.82. The van der Waals surface area contributed by atoms with Gasteiger partial charge in [0, 0.05) is 18.1 Å². The van der Waals surface area contributed by atoms with E-state index in [0.29, 0.717) is 0 Å². The molecule has 1 N–H and O–H groups in total. The van der Waals surface area contributed by atoms with Gasteiger partial charge in [-0.05, 0) is 36.5 Å². The highest BCUT2D eigenvalue weighted by Crippen LogP contribution is 2.33. The Hall–Kier alpha value is -1.18. The van der Waals surface area contributed by atoms with Crippen LogP contribution >= 0.6 is 0 Å². The van der Waals surface area contributed by atoms with Crippen molar-refractivity contribution in [3.8, 4) is 0 Å². The van der Waals surface area contributed by atoms with Gasteiger partial charge in [0.05, 0.1) is 0 Å². The van der Waals surface area contributed by atoms with E-state index < -0.39 is 0 Å². The molecule has 0 amide bonds. The molecule has 0 atom stereocenters. The Morgan fingerprint density at radius 1 is 1.38 bits per heavy atom. The van der Waals surface area contributed by atoms with Gasteiger partial charge in [0.15, 0.2) is 0 Å². The maximum Gasteiger partial charge on any atom is 0.0387 e. The third-order valence-corrected chi connectivity index (χ3v) is 2.53. The lowest BCUT2D eigenvalue weighted by Crippen LogP contribution is -1.99. The van der Waals surface area contributed by atoms with Gasteiger partial charge in [-0.3, -0.25) is 4.98 Å². The standard InChI is InChI=1S/C11H14N2/c12-11(4-3-9-1-2-9)10-5-7-13-8-6-10/h5-9,12H,1-4H2. The van der Waals surface area contributed by atoms with Gasteiger partial charge < -0.3 is 5.41 Å². The Morgan fingerprint density at radius 3 is 2.69 bits per heavy atom. The number of nitrogens with zero attached hydrogens (tertiary/aromatic N) is 1. The van der Waals surface area contributed by atoms with Gasteiger partial charge >= 0.3 is 0 Å². The van der Waals surface area contributed by atoms with Crippen LogP contribution in [0.15, 0.2) is 24.5 Å². The van der Waals surface area contributed by atoms with Crippen LogP contribution < -0.4 is 0 Å². The predicted molar refractivity (Wildman–Crippen MR) is 53.0 cm³/mol. The highest BCUT2D eigenvalue weighted by Gasteiger charge is 2.21. The highest BCUT2D eigenvalue weighted by molar-refractivity contribution is 5.97. The monoisotopic (exact) mass is 174 g/mol. The second-order valence-corrected chi connectivity index (χ2v) is 3.70. The lowest BCUT2D eigenvalue weighted by atomic mass is 10.1. The second-order valence-electron chi connectivity index (χ2n) is 3.70. The molecule has 2 rings (SSSR count). The Kier molecular flexibility index (Phi) is 2.39. The van der Waals surface area contributed by atoms with Crippen molar-refractivity contribution in [2.24, 2.45) is 5.92 Å². The summed E-state index contributed by atoms with van der Waals surface area (Å²) in [6.45, 7) is 0. The molecule has 0 bridgehead atoms. The highest BCUT2D eigenvalue weighted by atomic mass is 14.6. The Morgan fingerprint density at radius 2 is 2.08 bits per heavy atom. The number of rotatable bonds is 4. The average Bonchev–Trinajstić information content (AvgIpc) is 2.99. The number of hydrogen-bond donors (Lipinski definition) is 1. The van der Waals surface area contributed by atoms with Crippen molar-refractivity contribution < 1.29 is 0 Å². The van der Waals surface area contributed by atoms with Gasteiger partial charge in [-0.25, -0.2) is 0 Å². The van der Waals surface area contributed by atoms with Gasteiger partial charge in [-0.15, -0.1) is 0 Å². The van der Waals surface area contributed by atoms with Crippen LogP contribution in [-0.2, 0) is 0 Å². The first-order valence-electron chi connectivity index (χ1n) is 4.84. The Bertz CT molecular complexity index is 288. The van der Waals surface area contributed by atoms with Crippen LogP contribution in [0.25, 0.3) is 0 Å². The molecule has 0 saturated heterocycles. The molecule has 1 aliphatic rings. The maximum atomic E-state index is 7.82. The Labute approximate surface area is 78.5 Å².